The van der Waals surface area contributed by atoms with Crippen molar-refractivity contribution in [1.82, 2.24) is 24.7 Å². The van der Waals surface area contributed by atoms with Gasteiger partial charge in [-0.1, -0.05) is 0 Å². The van der Waals surface area contributed by atoms with Crippen LogP contribution in [0.15, 0.2) is 42.9 Å². The number of aryl methyl sites for hydroxylation is 1. The summed E-state index contributed by atoms with van der Waals surface area (Å²) in [7, 11) is 1.86. The molecule has 0 radical (unpaired) electrons. The van der Waals surface area contributed by atoms with E-state index in [1.807, 2.05) is 19.3 Å². The van der Waals surface area contributed by atoms with E-state index in [0.29, 0.717) is 29.4 Å². The van der Waals surface area contributed by atoms with E-state index in [1.165, 1.54) is 0 Å². The minimum atomic E-state index is -0.365. The Bertz CT molecular complexity index is 1140. The van der Waals surface area contributed by atoms with Crippen LogP contribution in [0.25, 0.3) is 33.5 Å². The minimum Gasteiger partial charge on any atom is -0.462 e. The van der Waals surface area contributed by atoms with E-state index in [0.717, 1.165) is 22.2 Å². The van der Waals surface area contributed by atoms with Crippen LogP contribution in [0.5, 0.6) is 0 Å². The topological polar surface area (TPSA) is 112 Å². The molecule has 0 bridgehead atoms. The lowest BCUT2D eigenvalue weighted by atomic mass is 10.1. The molecule has 4 rings (SSSR count). The average molecular weight is 362 g/mol. The maximum atomic E-state index is 11.9. The monoisotopic (exact) mass is 362 g/mol. The van der Waals surface area contributed by atoms with E-state index in [4.69, 9.17) is 10.5 Å². The highest BCUT2D eigenvalue weighted by molar-refractivity contribution is 5.94. The number of carbonyl (C=O) groups excluding carboxylic acids is 1. The van der Waals surface area contributed by atoms with Gasteiger partial charge in [-0.15, -0.1) is 0 Å². The van der Waals surface area contributed by atoms with Gasteiger partial charge in [-0.2, -0.15) is 5.10 Å². The minimum absolute atomic E-state index is 0.328. The van der Waals surface area contributed by atoms with Gasteiger partial charge in [-0.25, -0.2) is 14.8 Å². The lowest BCUT2D eigenvalue weighted by Crippen LogP contribution is -2.04. The van der Waals surface area contributed by atoms with Gasteiger partial charge in [0.05, 0.1) is 35.0 Å². The number of esters is 1. The molecule has 3 N–H and O–H groups in total. The molecule has 3 aromatic heterocycles. The van der Waals surface area contributed by atoms with Gasteiger partial charge in [0, 0.05) is 30.6 Å². The molecule has 0 aliphatic rings. The van der Waals surface area contributed by atoms with Gasteiger partial charge in [-0.3, -0.25) is 4.68 Å². The van der Waals surface area contributed by atoms with Crippen LogP contribution in [0, 0.1) is 0 Å². The van der Waals surface area contributed by atoms with Gasteiger partial charge < -0.3 is 15.5 Å². The third-order valence-electron chi connectivity index (χ3n) is 4.20. The Morgan fingerprint density at radius 1 is 1.26 bits per heavy atom. The summed E-state index contributed by atoms with van der Waals surface area (Å²) in [5, 5.41) is 4.18. The molecule has 0 aliphatic heterocycles. The SMILES string of the molecule is CCOC(=O)c1ccc2nc(-c3cc(-c4cnn(C)c4)cnc3N)[nH]c2c1. The number of hydrogen-bond acceptors (Lipinski definition) is 6. The summed E-state index contributed by atoms with van der Waals surface area (Å²) in [5.41, 5.74) is 10.5. The fourth-order valence-electron chi connectivity index (χ4n) is 2.87. The summed E-state index contributed by atoms with van der Waals surface area (Å²) >= 11 is 0. The van der Waals surface area contributed by atoms with Crippen LogP contribution in [0.1, 0.15) is 17.3 Å². The number of hydrogen-bond donors (Lipinski definition) is 2. The first-order valence-corrected chi connectivity index (χ1v) is 8.47. The van der Waals surface area contributed by atoms with Gasteiger partial charge >= 0.3 is 5.97 Å². The predicted octanol–water partition coefficient (Wildman–Crippen LogP) is 2.78. The van der Waals surface area contributed by atoms with Crippen LogP contribution in [0.2, 0.25) is 0 Å². The number of anilines is 1. The van der Waals surface area contributed by atoms with E-state index in [1.54, 1.807) is 42.2 Å². The molecule has 0 fully saturated rings. The van der Waals surface area contributed by atoms with Crippen LogP contribution in [0.4, 0.5) is 5.82 Å². The lowest BCUT2D eigenvalue weighted by molar-refractivity contribution is 0.0526. The zero-order chi connectivity index (χ0) is 19.0. The van der Waals surface area contributed by atoms with E-state index in [9.17, 15) is 4.79 Å². The molecule has 8 heteroatoms. The summed E-state index contributed by atoms with van der Waals surface area (Å²) in [6, 6.07) is 7.11. The van der Waals surface area contributed by atoms with Gasteiger partial charge in [-0.05, 0) is 31.2 Å². The number of pyridine rings is 1. The first-order chi connectivity index (χ1) is 13.0. The number of aromatic amines is 1. The van der Waals surface area contributed by atoms with Crippen molar-refractivity contribution >= 4 is 22.8 Å². The second kappa shape index (κ2) is 6.56. The smallest absolute Gasteiger partial charge is 0.338 e. The number of carbonyl (C=O) groups is 1. The highest BCUT2D eigenvalue weighted by Crippen LogP contribution is 2.29. The van der Waals surface area contributed by atoms with Crippen molar-refractivity contribution in [2.75, 3.05) is 12.3 Å². The summed E-state index contributed by atoms with van der Waals surface area (Å²) in [6.45, 7) is 2.10. The molecule has 0 aliphatic carbocycles. The Labute approximate surface area is 155 Å². The molecule has 0 atom stereocenters. The fraction of sp³-hybridized carbons (Fsp3) is 0.158. The number of benzene rings is 1. The van der Waals surface area contributed by atoms with E-state index >= 15 is 0 Å². The second-order valence-corrected chi connectivity index (χ2v) is 6.10. The van der Waals surface area contributed by atoms with E-state index in [-0.39, 0.29) is 5.97 Å². The molecular weight excluding hydrogens is 344 g/mol. The summed E-state index contributed by atoms with van der Waals surface area (Å²) in [4.78, 5) is 24.0. The Hall–Kier alpha value is -3.68. The van der Waals surface area contributed by atoms with Crippen molar-refractivity contribution in [3.8, 4) is 22.5 Å². The maximum absolute atomic E-state index is 11.9. The summed E-state index contributed by atoms with van der Waals surface area (Å²) in [5.74, 6) is 0.587. The van der Waals surface area contributed by atoms with Crippen LogP contribution >= 0.6 is 0 Å². The van der Waals surface area contributed by atoms with Crippen molar-refractivity contribution in [1.29, 1.82) is 0 Å². The maximum Gasteiger partial charge on any atom is 0.338 e. The highest BCUT2D eigenvalue weighted by Gasteiger charge is 2.14. The fourth-order valence-corrected chi connectivity index (χ4v) is 2.87. The van der Waals surface area contributed by atoms with Gasteiger partial charge in [0.25, 0.3) is 0 Å². The van der Waals surface area contributed by atoms with Crippen LogP contribution in [-0.2, 0) is 11.8 Å². The molecule has 1 aromatic carbocycles. The number of nitrogen functional groups attached to an aromatic ring is 1. The molecule has 4 aromatic rings. The molecule has 8 nitrogen and oxygen atoms in total. The van der Waals surface area contributed by atoms with Crippen molar-refractivity contribution < 1.29 is 9.53 Å². The number of nitrogens with zero attached hydrogens (tertiary/aromatic N) is 4. The highest BCUT2D eigenvalue weighted by atomic mass is 16.5. The first kappa shape index (κ1) is 16.8. The average Bonchev–Trinajstić information content (AvgIpc) is 3.27. The Morgan fingerprint density at radius 3 is 2.85 bits per heavy atom. The Kier molecular flexibility index (Phi) is 4.08. The van der Waals surface area contributed by atoms with Gasteiger partial charge in [0.2, 0.25) is 0 Å². The number of aromatic nitrogens is 5. The molecule has 0 saturated carbocycles. The van der Waals surface area contributed by atoms with Crippen molar-refractivity contribution in [2.24, 2.45) is 7.05 Å². The zero-order valence-electron chi connectivity index (χ0n) is 14.9. The number of nitrogens with two attached hydrogens (primary N) is 1. The molecule has 27 heavy (non-hydrogen) atoms. The number of ether oxygens (including phenoxy) is 1. The molecule has 0 amide bonds. The third-order valence-corrected chi connectivity index (χ3v) is 4.20. The molecule has 0 spiro atoms. The van der Waals surface area contributed by atoms with Crippen molar-refractivity contribution in [3.63, 3.8) is 0 Å². The molecule has 0 saturated heterocycles. The standard InChI is InChI=1S/C19H18N6O2/c1-3-27-19(26)11-4-5-15-16(7-11)24-18(23-15)14-6-12(8-21-17(14)20)13-9-22-25(2)10-13/h4-10H,3H2,1-2H3,(H2,20,21)(H,23,24). The number of nitrogens with one attached hydrogen (secondary N) is 1. The second-order valence-electron chi connectivity index (χ2n) is 6.10. The van der Waals surface area contributed by atoms with Gasteiger partial charge in [0.15, 0.2) is 0 Å². The van der Waals surface area contributed by atoms with Crippen LogP contribution in [0.3, 0.4) is 0 Å². The number of fused-ring (bicyclic) bond motifs is 1. The van der Waals surface area contributed by atoms with E-state index < -0.39 is 0 Å². The normalized spacial score (nSPS) is 11.0. The molecular formula is C19H18N6O2. The molecule has 3 heterocycles. The Morgan fingerprint density at radius 2 is 2.11 bits per heavy atom. The Balaban J connectivity index is 1.76. The predicted molar refractivity (Wildman–Crippen MR) is 102 cm³/mol. The lowest BCUT2D eigenvalue weighted by Gasteiger charge is -2.04. The zero-order valence-corrected chi connectivity index (χ0v) is 14.9. The number of rotatable bonds is 4. The van der Waals surface area contributed by atoms with Crippen LogP contribution in [-0.4, -0.2) is 37.3 Å². The summed E-state index contributed by atoms with van der Waals surface area (Å²) in [6.07, 6.45) is 5.37. The quantitative estimate of drug-likeness (QED) is 0.540. The number of imidazole rings is 1. The van der Waals surface area contributed by atoms with Gasteiger partial charge in [0.1, 0.15) is 11.6 Å². The molecule has 136 valence electrons. The summed E-state index contributed by atoms with van der Waals surface area (Å²) < 4.78 is 6.77. The molecule has 0 unspecified atom stereocenters. The third kappa shape index (κ3) is 3.12. The first-order valence-electron chi connectivity index (χ1n) is 8.47. The number of H-pyrrole nitrogens is 1. The largest absolute Gasteiger partial charge is 0.462 e. The van der Waals surface area contributed by atoms with Crippen LogP contribution < -0.4 is 5.73 Å². The van der Waals surface area contributed by atoms with Crippen molar-refractivity contribution in [2.45, 2.75) is 6.92 Å². The van der Waals surface area contributed by atoms with E-state index in [2.05, 4.69) is 20.1 Å². The van der Waals surface area contributed by atoms with Crippen molar-refractivity contribution in [3.05, 3.63) is 48.4 Å².